The molecule has 0 radical (unpaired) electrons. The van der Waals surface area contributed by atoms with Gasteiger partial charge in [-0.2, -0.15) is 4.98 Å². The Morgan fingerprint density at radius 1 is 1.11 bits per heavy atom. The van der Waals surface area contributed by atoms with E-state index in [2.05, 4.69) is 10.1 Å². The minimum absolute atomic E-state index is 0.0321. The van der Waals surface area contributed by atoms with Crippen molar-refractivity contribution in [1.29, 1.82) is 0 Å². The van der Waals surface area contributed by atoms with E-state index < -0.39 is 21.7 Å². The van der Waals surface area contributed by atoms with Gasteiger partial charge in [0.1, 0.15) is 11.6 Å². The Labute approximate surface area is 154 Å². The summed E-state index contributed by atoms with van der Waals surface area (Å²) in [5.74, 6) is -0.335. The molecule has 0 amide bonds. The van der Waals surface area contributed by atoms with Crippen LogP contribution in [0.25, 0.3) is 0 Å². The van der Waals surface area contributed by atoms with Gasteiger partial charge in [-0.05, 0) is 41.7 Å². The topological polar surface area (TPSA) is 99.1 Å². The first kappa shape index (κ1) is 17.7. The Kier molecular flexibility index (Phi) is 4.27. The molecule has 2 aromatic carbocycles. The third-order valence-corrected chi connectivity index (χ3v) is 5.52. The highest BCUT2D eigenvalue weighted by Crippen LogP contribution is 2.54. The van der Waals surface area contributed by atoms with Crippen LogP contribution in [-0.2, 0) is 16.4 Å². The van der Waals surface area contributed by atoms with E-state index in [0.717, 1.165) is 18.1 Å². The standard InChI is InChI=1S/C18H15F2N3O3S/c19-12-4-1-11(16(20)8-12)7-17-22-18(26-23-17)15-9-14(15)10-2-5-13(6-3-10)27(21,24)25/h1-6,8,14-15H,7,9H2,(H2,21,24,25)/t14-,15+/m0/s1. The van der Waals surface area contributed by atoms with Gasteiger partial charge in [0.05, 0.1) is 4.90 Å². The molecule has 1 fully saturated rings. The van der Waals surface area contributed by atoms with Crippen molar-refractivity contribution in [3.8, 4) is 0 Å². The second-order valence-corrected chi connectivity index (χ2v) is 8.09. The van der Waals surface area contributed by atoms with Gasteiger partial charge >= 0.3 is 0 Å². The average Bonchev–Trinajstić information content (AvgIpc) is 3.28. The number of sulfonamides is 1. The lowest BCUT2D eigenvalue weighted by Gasteiger charge is -2.01. The van der Waals surface area contributed by atoms with Gasteiger partial charge in [0.2, 0.25) is 15.9 Å². The molecule has 0 aliphatic heterocycles. The Hall–Kier alpha value is -2.65. The summed E-state index contributed by atoms with van der Waals surface area (Å²) in [5, 5.41) is 8.96. The maximum atomic E-state index is 13.7. The third kappa shape index (κ3) is 3.74. The van der Waals surface area contributed by atoms with Crippen molar-refractivity contribution in [1.82, 2.24) is 10.1 Å². The van der Waals surface area contributed by atoms with Gasteiger partial charge in [-0.1, -0.05) is 23.4 Å². The Morgan fingerprint density at radius 2 is 1.85 bits per heavy atom. The normalized spacial score (nSPS) is 19.2. The Bertz CT molecular complexity index is 1100. The molecule has 1 aliphatic rings. The van der Waals surface area contributed by atoms with Crippen LogP contribution in [0.1, 0.15) is 41.1 Å². The fourth-order valence-corrected chi connectivity index (χ4v) is 3.58. The number of nitrogens with two attached hydrogens (primary N) is 1. The first-order valence-corrected chi connectivity index (χ1v) is 9.75. The molecule has 1 aliphatic carbocycles. The van der Waals surface area contributed by atoms with Crippen molar-refractivity contribution < 1.29 is 21.7 Å². The summed E-state index contributed by atoms with van der Waals surface area (Å²) in [7, 11) is -3.72. The van der Waals surface area contributed by atoms with E-state index in [0.29, 0.717) is 11.7 Å². The van der Waals surface area contributed by atoms with Crippen molar-refractivity contribution in [2.24, 2.45) is 5.14 Å². The van der Waals surface area contributed by atoms with Gasteiger partial charge in [0.25, 0.3) is 0 Å². The second kappa shape index (κ2) is 6.50. The van der Waals surface area contributed by atoms with Crippen LogP contribution in [-0.4, -0.2) is 18.6 Å². The van der Waals surface area contributed by atoms with Crippen LogP contribution in [0.4, 0.5) is 8.78 Å². The molecule has 1 saturated carbocycles. The number of nitrogens with zero attached hydrogens (tertiary/aromatic N) is 2. The quantitative estimate of drug-likeness (QED) is 0.721. The molecule has 0 bridgehead atoms. The lowest BCUT2D eigenvalue weighted by molar-refractivity contribution is 0.373. The highest BCUT2D eigenvalue weighted by molar-refractivity contribution is 7.89. The first-order chi connectivity index (χ1) is 12.8. The molecule has 9 heteroatoms. The van der Waals surface area contributed by atoms with E-state index in [-0.39, 0.29) is 28.7 Å². The van der Waals surface area contributed by atoms with Crippen LogP contribution < -0.4 is 5.14 Å². The summed E-state index contributed by atoms with van der Waals surface area (Å²) >= 11 is 0. The van der Waals surface area contributed by atoms with Crippen LogP contribution >= 0.6 is 0 Å². The lowest BCUT2D eigenvalue weighted by atomic mass is 10.1. The van der Waals surface area contributed by atoms with E-state index in [9.17, 15) is 17.2 Å². The highest BCUT2D eigenvalue weighted by Gasteiger charge is 2.43. The molecule has 1 aromatic heterocycles. The summed E-state index contributed by atoms with van der Waals surface area (Å²) in [6.07, 6.45) is 0.900. The monoisotopic (exact) mass is 391 g/mol. The van der Waals surface area contributed by atoms with Crippen LogP contribution in [0.15, 0.2) is 51.9 Å². The van der Waals surface area contributed by atoms with Gasteiger partial charge in [0, 0.05) is 18.4 Å². The maximum Gasteiger partial charge on any atom is 0.238 e. The van der Waals surface area contributed by atoms with E-state index >= 15 is 0 Å². The lowest BCUT2D eigenvalue weighted by Crippen LogP contribution is -2.11. The number of aromatic nitrogens is 2. The Morgan fingerprint density at radius 3 is 2.52 bits per heavy atom. The van der Waals surface area contributed by atoms with Crippen molar-refractivity contribution >= 4 is 10.0 Å². The number of hydrogen-bond acceptors (Lipinski definition) is 5. The summed E-state index contributed by atoms with van der Waals surface area (Å²) in [4.78, 5) is 4.37. The molecule has 3 aromatic rings. The zero-order valence-corrected chi connectivity index (χ0v) is 14.8. The minimum Gasteiger partial charge on any atom is -0.339 e. The van der Waals surface area contributed by atoms with Crippen molar-refractivity contribution in [3.05, 3.63) is 76.9 Å². The molecule has 4 rings (SSSR count). The van der Waals surface area contributed by atoms with Crippen LogP contribution in [0.5, 0.6) is 0 Å². The molecular weight excluding hydrogens is 376 g/mol. The summed E-state index contributed by atoms with van der Waals surface area (Å²) in [6.45, 7) is 0. The molecule has 1 heterocycles. The molecule has 2 atom stereocenters. The van der Waals surface area contributed by atoms with E-state index in [4.69, 9.17) is 9.66 Å². The van der Waals surface area contributed by atoms with Crippen molar-refractivity contribution in [2.75, 3.05) is 0 Å². The average molecular weight is 391 g/mol. The van der Waals surface area contributed by atoms with Gasteiger partial charge in [0.15, 0.2) is 5.82 Å². The molecule has 0 spiro atoms. The molecule has 140 valence electrons. The van der Waals surface area contributed by atoms with Gasteiger partial charge in [-0.3, -0.25) is 0 Å². The van der Waals surface area contributed by atoms with E-state index in [1.807, 2.05) is 0 Å². The van der Waals surface area contributed by atoms with Crippen LogP contribution in [0, 0.1) is 11.6 Å². The first-order valence-electron chi connectivity index (χ1n) is 8.20. The van der Waals surface area contributed by atoms with Gasteiger partial charge in [-0.25, -0.2) is 22.3 Å². The number of primary sulfonamides is 1. The molecule has 2 N–H and O–H groups in total. The smallest absolute Gasteiger partial charge is 0.238 e. The summed E-state index contributed by atoms with van der Waals surface area (Å²) < 4.78 is 54.6. The van der Waals surface area contributed by atoms with Crippen molar-refractivity contribution in [2.45, 2.75) is 29.6 Å². The number of benzene rings is 2. The predicted octanol–water partition coefficient (Wildman–Crippen LogP) is 2.86. The van der Waals surface area contributed by atoms with Gasteiger partial charge < -0.3 is 4.52 Å². The third-order valence-electron chi connectivity index (χ3n) is 4.59. The van der Waals surface area contributed by atoms with Crippen LogP contribution in [0.3, 0.4) is 0 Å². The zero-order chi connectivity index (χ0) is 19.2. The molecule has 0 unspecified atom stereocenters. The van der Waals surface area contributed by atoms with E-state index in [1.54, 1.807) is 12.1 Å². The van der Waals surface area contributed by atoms with Crippen molar-refractivity contribution in [3.63, 3.8) is 0 Å². The fraction of sp³-hybridized carbons (Fsp3) is 0.222. The zero-order valence-electron chi connectivity index (χ0n) is 14.0. The largest absolute Gasteiger partial charge is 0.339 e. The highest BCUT2D eigenvalue weighted by atomic mass is 32.2. The molecule has 6 nitrogen and oxygen atoms in total. The predicted molar refractivity (Wildman–Crippen MR) is 91.4 cm³/mol. The number of rotatable bonds is 5. The molecular formula is C18H15F2N3O3S. The minimum atomic E-state index is -3.72. The maximum absolute atomic E-state index is 13.7. The second-order valence-electron chi connectivity index (χ2n) is 6.52. The molecule has 27 heavy (non-hydrogen) atoms. The summed E-state index contributed by atoms with van der Waals surface area (Å²) in [5.41, 5.74) is 1.24. The molecule has 0 saturated heterocycles. The van der Waals surface area contributed by atoms with E-state index in [1.165, 1.54) is 24.3 Å². The SMILES string of the molecule is NS(=O)(=O)c1ccc([C@@H]2C[C@H]2c2nc(Cc3ccc(F)cc3F)no2)cc1. The summed E-state index contributed by atoms with van der Waals surface area (Å²) in [6, 6.07) is 9.73. The van der Waals surface area contributed by atoms with Gasteiger partial charge in [-0.15, -0.1) is 0 Å². The van der Waals surface area contributed by atoms with Crippen LogP contribution in [0.2, 0.25) is 0 Å². The number of halogens is 2. The fourth-order valence-electron chi connectivity index (χ4n) is 3.07. The number of hydrogen-bond donors (Lipinski definition) is 1. The Balaban J connectivity index is 1.45.